The molecule has 6 nitrogen and oxygen atoms in total. The van der Waals surface area contributed by atoms with E-state index in [1.807, 2.05) is 60.7 Å². The smallest absolute Gasteiger partial charge is 0.267 e. The molecule has 4 rings (SSSR count). The lowest BCUT2D eigenvalue weighted by Gasteiger charge is -2.13. The van der Waals surface area contributed by atoms with Crippen LogP contribution < -0.4 is 5.56 Å². The van der Waals surface area contributed by atoms with Crippen molar-refractivity contribution >= 4 is 28.4 Å². The summed E-state index contributed by atoms with van der Waals surface area (Å²) >= 11 is 1.44. The monoisotopic (exact) mass is 366 g/mol. The van der Waals surface area contributed by atoms with Crippen molar-refractivity contribution in [1.82, 2.24) is 19.2 Å². The highest BCUT2D eigenvalue weighted by Crippen LogP contribution is 2.24. The largest absolute Gasteiger partial charge is 0.374 e. The van der Waals surface area contributed by atoms with Crippen molar-refractivity contribution in [1.29, 1.82) is 0 Å². The predicted molar refractivity (Wildman–Crippen MR) is 103 cm³/mol. The van der Waals surface area contributed by atoms with Crippen molar-refractivity contribution in [3.63, 3.8) is 0 Å². The number of hydrogen-bond acceptors (Lipinski definition) is 5. The molecule has 0 saturated carbocycles. The number of rotatable bonds is 4. The van der Waals surface area contributed by atoms with Crippen LogP contribution in [0.25, 0.3) is 22.4 Å². The molecule has 0 N–H and O–H groups in total. The summed E-state index contributed by atoms with van der Waals surface area (Å²) in [6.07, 6.45) is 0. The van der Waals surface area contributed by atoms with Crippen LogP contribution >= 0.6 is 11.8 Å². The number of benzene rings is 2. The van der Waals surface area contributed by atoms with Gasteiger partial charge in [0.05, 0.1) is 22.5 Å². The fourth-order valence-electron chi connectivity index (χ4n) is 3.06. The second-order valence-corrected chi connectivity index (χ2v) is 7.01. The Bertz CT molecular complexity index is 1180. The van der Waals surface area contributed by atoms with Gasteiger partial charge in [-0.15, -0.1) is 10.2 Å². The lowest BCUT2D eigenvalue weighted by atomic mass is 10.1. The molecule has 0 aliphatic heterocycles. The SMILES string of the molecule is COCSc1nnc2n(-c3cc(C)ccc3C)c(=O)c3ccccc3n12. The van der Waals surface area contributed by atoms with Gasteiger partial charge in [-0.05, 0) is 43.2 Å². The molecule has 2 aromatic carbocycles. The van der Waals surface area contributed by atoms with Gasteiger partial charge in [0, 0.05) is 7.11 Å². The summed E-state index contributed by atoms with van der Waals surface area (Å²) in [4.78, 5) is 13.3. The van der Waals surface area contributed by atoms with E-state index in [4.69, 9.17) is 4.74 Å². The number of thioether (sulfide) groups is 1. The number of nitrogens with zero attached hydrogens (tertiary/aromatic N) is 4. The number of aromatic nitrogens is 4. The van der Waals surface area contributed by atoms with Crippen LogP contribution in [0.15, 0.2) is 52.4 Å². The molecule has 7 heteroatoms. The minimum Gasteiger partial charge on any atom is -0.374 e. The second kappa shape index (κ2) is 6.59. The topological polar surface area (TPSA) is 61.4 Å². The van der Waals surface area contributed by atoms with Crippen LogP contribution in [0.4, 0.5) is 0 Å². The molecule has 0 saturated heterocycles. The van der Waals surface area contributed by atoms with Crippen LogP contribution in [0.5, 0.6) is 0 Å². The number of fused-ring (bicyclic) bond motifs is 3. The van der Waals surface area contributed by atoms with Crippen LogP contribution in [-0.4, -0.2) is 32.2 Å². The fourth-order valence-corrected chi connectivity index (χ4v) is 3.69. The van der Waals surface area contributed by atoms with Gasteiger partial charge in [-0.3, -0.25) is 9.20 Å². The Morgan fingerprint density at radius 2 is 1.92 bits per heavy atom. The summed E-state index contributed by atoms with van der Waals surface area (Å²) in [5.41, 5.74) is 3.60. The zero-order chi connectivity index (χ0) is 18.3. The van der Waals surface area contributed by atoms with E-state index in [1.165, 1.54) is 11.8 Å². The Morgan fingerprint density at radius 3 is 2.73 bits per heavy atom. The average molecular weight is 366 g/mol. The van der Waals surface area contributed by atoms with Gasteiger partial charge in [0.2, 0.25) is 5.78 Å². The molecule has 0 bridgehead atoms. The Morgan fingerprint density at radius 1 is 1.12 bits per heavy atom. The average Bonchev–Trinajstić information content (AvgIpc) is 3.06. The van der Waals surface area contributed by atoms with Gasteiger partial charge in [0.15, 0.2) is 5.16 Å². The summed E-state index contributed by atoms with van der Waals surface area (Å²) in [6.45, 7) is 4.00. The summed E-state index contributed by atoms with van der Waals surface area (Å²) in [6, 6.07) is 13.6. The summed E-state index contributed by atoms with van der Waals surface area (Å²) in [5, 5.41) is 9.94. The second-order valence-electron chi connectivity index (χ2n) is 6.12. The van der Waals surface area contributed by atoms with Crippen LogP contribution in [0.3, 0.4) is 0 Å². The maximum Gasteiger partial charge on any atom is 0.267 e. The molecule has 0 spiro atoms. The first-order valence-corrected chi connectivity index (χ1v) is 9.18. The molecule has 132 valence electrons. The van der Waals surface area contributed by atoms with Crippen molar-refractivity contribution in [2.24, 2.45) is 0 Å². The van der Waals surface area contributed by atoms with Crippen LogP contribution in [0.2, 0.25) is 0 Å². The predicted octanol–water partition coefficient (Wildman–Crippen LogP) is 3.35. The van der Waals surface area contributed by atoms with Gasteiger partial charge in [-0.1, -0.05) is 36.0 Å². The van der Waals surface area contributed by atoms with Crippen molar-refractivity contribution in [3.8, 4) is 5.69 Å². The third-order valence-corrected chi connectivity index (χ3v) is 5.18. The first kappa shape index (κ1) is 16.8. The molecule has 2 aromatic heterocycles. The van der Waals surface area contributed by atoms with E-state index in [2.05, 4.69) is 10.2 Å². The van der Waals surface area contributed by atoms with Crippen molar-refractivity contribution in [3.05, 3.63) is 63.9 Å². The van der Waals surface area contributed by atoms with Gasteiger partial charge >= 0.3 is 0 Å². The Kier molecular flexibility index (Phi) is 4.26. The maximum absolute atomic E-state index is 13.3. The lowest BCUT2D eigenvalue weighted by Crippen LogP contribution is -2.22. The summed E-state index contributed by atoms with van der Waals surface area (Å²) < 4.78 is 8.73. The summed E-state index contributed by atoms with van der Waals surface area (Å²) in [7, 11) is 1.64. The molecule has 0 unspecified atom stereocenters. The minimum atomic E-state index is -0.0995. The number of methoxy groups -OCH3 is 1. The molecule has 0 amide bonds. The van der Waals surface area contributed by atoms with Gasteiger partial charge in [-0.25, -0.2) is 4.57 Å². The van der Waals surface area contributed by atoms with Crippen molar-refractivity contribution in [2.45, 2.75) is 19.0 Å². The van der Waals surface area contributed by atoms with Crippen LogP contribution in [0.1, 0.15) is 11.1 Å². The summed E-state index contributed by atoms with van der Waals surface area (Å²) in [5.74, 6) is 0.957. The molecule has 4 aromatic rings. The van der Waals surface area contributed by atoms with Gasteiger partial charge < -0.3 is 4.74 Å². The quantitative estimate of drug-likeness (QED) is 0.409. The highest BCUT2D eigenvalue weighted by Gasteiger charge is 2.18. The standard InChI is InChI=1S/C19H18N4O2S/c1-12-8-9-13(2)16(10-12)22-17(24)14-6-4-5-7-15(14)23-18(22)20-21-19(23)26-11-25-3/h4-10H,11H2,1-3H3. The Hall–Kier alpha value is -2.64. The van der Waals surface area contributed by atoms with Crippen molar-refractivity contribution in [2.75, 3.05) is 13.0 Å². The molecule has 0 aliphatic carbocycles. The van der Waals surface area contributed by atoms with Crippen LogP contribution in [-0.2, 0) is 4.74 Å². The highest BCUT2D eigenvalue weighted by atomic mass is 32.2. The normalized spacial score (nSPS) is 11.5. The third kappa shape index (κ3) is 2.60. The van der Waals surface area contributed by atoms with Crippen LogP contribution in [0, 0.1) is 13.8 Å². The molecule has 0 aliphatic rings. The van der Waals surface area contributed by atoms with Gasteiger partial charge in [-0.2, -0.15) is 0 Å². The number of ether oxygens (including phenoxy) is 1. The highest BCUT2D eigenvalue weighted by molar-refractivity contribution is 7.99. The molecule has 0 radical (unpaired) electrons. The first-order chi connectivity index (χ1) is 12.6. The van der Waals surface area contributed by atoms with E-state index in [0.717, 1.165) is 22.3 Å². The third-order valence-electron chi connectivity index (χ3n) is 4.31. The molecule has 26 heavy (non-hydrogen) atoms. The van der Waals surface area contributed by atoms with E-state index in [9.17, 15) is 4.79 Å². The maximum atomic E-state index is 13.3. The molecular formula is C19H18N4O2S. The Balaban J connectivity index is 2.16. The zero-order valence-corrected chi connectivity index (χ0v) is 15.6. The number of para-hydroxylation sites is 1. The van der Waals surface area contributed by atoms with Gasteiger partial charge in [0.1, 0.15) is 0 Å². The van der Waals surface area contributed by atoms with E-state index in [0.29, 0.717) is 22.3 Å². The number of hydrogen-bond donors (Lipinski definition) is 0. The molecule has 2 heterocycles. The van der Waals surface area contributed by atoms with Gasteiger partial charge in [0.25, 0.3) is 5.56 Å². The first-order valence-electron chi connectivity index (χ1n) is 8.20. The van der Waals surface area contributed by atoms with E-state index in [-0.39, 0.29) is 5.56 Å². The van der Waals surface area contributed by atoms with E-state index in [1.54, 1.807) is 11.7 Å². The molecule has 0 atom stereocenters. The molecule has 0 fully saturated rings. The zero-order valence-electron chi connectivity index (χ0n) is 14.8. The van der Waals surface area contributed by atoms with Crippen molar-refractivity contribution < 1.29 is 4.74 Å². The fraction of sp³-hybridized carbons (Fsp3) is 0.211. The minimum absolute atomic E-state index is 0.0995. The molecular weight excluding hydrogens is 348 g/mol. The Labute approximate surface area is 154 Å². The van der Waals surface area contributed by atoms with E-state index >= 15 is 0 Å². The lowest BCUT2D eigenvalue weighted by molar-refractivity contribution is 0.258. The van der Waals surface area contributed by atoms with E-state index < -0.39 is 0 Å². The number of aryl methyl sites for hydroxylation is 2.